The molecule has 0 aliphatic heterocycles. The lowest BCUT2D eigenvalue weighted by Gasteiger charge is -2.23. The van der Waals surface area contributed by atoms with Gasteiger partial charge < -0.3 is 14.6 Å². The molecule has 120 valence electrons. The molecule has 2 rings (SSSR count). The molecule has 4 nitrogen and oxygen atoms in total. The van der Waals surface area contributed by atoms with E-state index in [0.717, 1.165) is 17.4 Å². The van der Waals surface area contributed by atoms with Gasteiger partial charge in [-0.15, -0.1) is 0 Å². The van der Waals surface area contributed by atoms with Crippen molar-refractivity contribution in [2.45, 2.75) is 27.7 Å². The second-order valence-electron chi connectivity index (χ2n) is 6.36. The number of hydrogen-bond acceptors (Lipinski definition) is 2. The summed E-state index contributed by atoms with van der Waals surface area (Å²) >= 11 is 0. The maximum atomic E-state index is 12.8. The van der Waals surface area contributed by atoms with E-state index in [0.29, 0.717) is 24.8 Å². The molecule has 1 aromatic carbocycles. The zero-order valence-electron chi connectivity index (χ0n) is 14.2. The van der Waals surface area contributed by atoms with E-state index < -0.39 is 0 Å². The molecule has 0 aliphatic rings. The molecular weight excluding hydrogens is 276 g/mol. The van der Waals surface area contributed by atoms with Crippen molar-refractivity contribution < 1.29 is 9.53 Å². The predicted molar refractivity (Wildman–Crippen MR) is 90.4 cm³/mol. The number of nitrogens with one attached hydrogen (secondary N) is 1. The number of H-pyrrole nitrogens is 1. The van der Waals surface area contributed by atoms with Crippen LogP contribution in [0.2, 0.25) is 0 Å². The molecule has 0 saturated heterocycles. The van der Waals surface area contributed by atoms with Gasteiger partial charge in [-0.25, -0.2) is 0 Å². The van der Waals surface area contributed by atoms with Gasteiger partial charge >= 0.3 is 0 Å². The number of hydrogen-bond donors (Lipinski definition) is 1. The van der Waals surface area contributed by atoms with Crippen molar-refractivity contribution in [1.29, 1.82) is 0 Å². The van der Waals surface area contributed by atoms with Gasteiger partial charge in [0.05, 0.1) is 6.61 Å². The first-order chi connectivity index (χ1) is 10.4. The number of aromatic amines is 1. The van der Waals surface area contributed by atoms with Crippen LogP contribution in [-0.2, 0) is 4.74 Å². The number of nitrogens with zero attached hydrogens (tertiary/aromatic N) is 1. The molecule has 0 atom stereocenters. The van der Waals surface area contributed by atoms with E-state index in [1.807, 2.05) is 11.0 Å². The highest BCUT2D eigenvalue weighted by Gasteiger charge is 2.19. The van der Waals surface area contributed by atoms with Gasteiger partial charge in [-0.05, 0) is 43.0 Å². The van der Waals surface area contributed by atoms with Crippen LogP contribution in [0.1, 0.15) is 35.5 Å². The molecule has 0 spiro atoms. The van der Waals surface area contributed by atoms with Gasteiger partial charge in [-0.1, -0.05) is 19.9 Å². The summed E-state index contributed by atoms with van der Waals surface area (Å²) in [6, 6.07) is 6.19. The average Bonchev–Trinajstić information content (AvgIpc) is 2.86. The Morgan fingerprint density at radius 3 is 2.64 bits per heavy atom. The summed E-state index contributed by atoms with van der Waals surface area (Å²) < 4.78 is 5.13. The van der Waals surface area contributed by atoms with Crippen molar-refractivity contribution in [1.82, 2.24) is 9.88 Å². The van der Waals surface area contributed by atoms with Gasteiger partial charge in [0.25, 0.3) is 5.91 Å². The van der Waals surface area contributed by atoms with Crippen LogP contribution >= 0.6 is 0 Å². The molecule has 0 bridgehead atoms. The normalized spacial score (nSPS) is 11.4. The molecule has 2 aromatic rings. The van der Waals surface area contributed by atoms with E-state index in [9.17, 15) is 4.79 Å². The lowest BCUT2D eigenvalue weighted by molar-refractivity contribution is 0.0667. The van der Waals surface area contributed by atoms with Crippen LogP contribution in [-0.4, -0.2) is 42.6 Å². The summed E-state index contributed by atoms with van der Waals surface area (Å²) in [6.07, 6.45) is 0. The smallest absolute Gasteiger partial charge is 0.270 e. The predicted octanol–water partition coefficient (Wildman–Crippen LogP) is 3.53. The van der Waals surface area contributed by atoms with Gasteiger partial charge in [-0.2, -0.15) is 0 Å². The number of amides is 1. The minimum atomic E-state index is 0.0407. The molecule has 0 fully saturated rings. The first-order valence-corrected chi connectivity index (χ1v) is 7.80. The van der Waals surface area contributed by atoms with Crippen molar-refractivity contribution in [2.24, 2.45) is 5.92 Å². The van der Waals surface area contributed by atoms with Gasteiger partial charge in [0.2, 0.25) is 0 Å². The number of rotatable bonds is 6. The highest BCUT2D eigenvalue weighted by Crippen LogP contribution is 2.22. The summed E-state index contributed by atoms with van der Waals surface area (Å²) in [7, 11) is 1.66. The standard InChI is InChI=1S/C18H26N2O2/c1-12(2)11-20(6-7-22-5)18(21)17-10-15-14(4)8-13(3)9-16(15)19-17/h8-10,12,19H,6-7,11H2,1-5H3. The third-order valence-corrected chi connectivity index (χ3v) is 3.76. The Morgan fingerprint density at radius 1 is 1.27 bits per heavy atom. The van der Waals surface area contributed by atoms with E-state index in [1.165, 1.54) is 11.1 Å². The Labute approximate surface area is 132 Å². The minimum Gasteiger partial charge on any atom is -0.383 e. The Hall–Kier alpha value is -1.81. The van der Waals surface area contributed by atoms with Gasteiger partial charge in [0, 0.05) is 31.1 Å². The second-order valence-corrected chi connectivity index (χ2v) is 6.36. The molecular formula is C18H26N2O2. The van der Waals surface area contributed by atoms with Crippen LogP contribution in [0.15, 0.2) is 18.2 Å². The molecule has 22 heavy (non-hydrogen) atoms. The van der Waals surface area contributed by atoms with Gasteiger partial charge in [0.15, 0.2) is 0 Å². The largest absolute Gasteiger partial charge is 0.383 e. The molecule has 0 radical (unpaired) electrons. The molecule has 0 aliphatic carbocycles. The third-order valence-electron chi connectivity index (χ3n) is 3.76. The van der Waals surface area contributed by atoms with Crippen molar-refractivity contribution in [3.63, 3.8) is 0 Å². The fourth-order valence-corrected chi connectivity index (χ4v) is 2.80. The number of carbonyl (C=O) groups excluding carboxylic acids is 1. The van der Waals surface area contributed by atoms with Gasteiger partial charge in [-0.3, -0.25) is 4.79 Å². The number of benzene rings is 1. The zero-order valence-corrected chi connectivity index (χ0v) is 14.2. The Balaban J connectivity index is 2.31. The summed E-state index contributed by atoms with van der Waals surface area (Å²) in [4.78, 5) is 17.9. The first-order valence-electron chi connectivity index (χ1n) is 7.80. The fraction of sp³-hybridized carbons (Fsp3) is 0.500. The molecule has 1 aromatic heterocycles. The second kappa shape index (κ2) is 6.97. The molecule has 1 N–H and O–H groups in total. The molecule has 1 amide bonds. The third kappa shape index (κ3) is 3.69. The van der Waals surface area contributed by atoms with E-state index in [1.54, 1.807) is 7.11 Å². The summed E-state index contributed by atoms with van der Waals surface area (Å²) in [5.41, 5.74) is 4.07. The zero-order chi connectivity index (χ0) is 16.3. The van der Waals surface area contributed by atoms with E-state index in [4.69, 9.17) is 4.74 Å². The Bertz CT molecular complexity index is 658. The maximum Gasteiger partial charge on any atom is 0.270 e. The van der Waals surface area contributed by atoms with Crippen LogP contribution in [0.5, 0.6) is 0 Å². The van der Waals surface area contributed by atoms with Crippen molar-refractivity contribution in [3.8, 4) is 0 Å². The van der Waals surface area contributed by atoms with E-state index in [2.05, 4.69) is 44.8 Å². The van der Waals surface area contributed by atoms with Crippen molar-refractivity contribution >= 4 is 16.8 Å². The van der Waals surface area contributed by atoms with Crippen LogP contribution in [0.4, 0.5) is 0 Å². The van der Waals surface area contributed by atoms with Crippen LogP contribution in [0.3, 0.4) is 0 Å². The number of fused-ring (bicyclic) bond motifs is 1. The van der Waals surface area contributed by atoms with Crippen LogP contribution in [0.25, 0.3) is 10.9 Å². The lowest BCUT2D eigenvalue weighted by Crippen LogP contribution is -2.36. The number of aryl methyl sites for hydroxylation is 2. The summed E-state index contributed by atoms with van der Waals surface area (Å²) in [6.45, 7) is 10.3. The summed E-state index contributed by atoms with van der Waals surface area (Å²) in [5, 5.41) is 1.12. The highest BCUT2D eigenvalue weighted by atomic mass is 16.5. The first kappa shape index (κ1) is 16.6. The quantitative estimate of drug-likeness (QED) is 0.887. The fourth-order valence-electron chi connectivity index (χ4n) is 2.80. The molecule has 0 unspecified atom stereocenters. The van der Waals surface area contributed by atoms with E-state index >= 15 is 0 Å². The average molecular weight is 302 g/mol. The molecule has 4 heteroatoms. The van der Waals surface area contributed by atoms with E-state index in [-0.39, 0.29) is 5.91 Å². The SMILES string of the molecule is COCCN(CC(C)C)C(=O)c1cc2c(C)cc(C)cc2[nH]1. The topological polar surface area (TPSA) is 45.3 Å². The molecule has 1 heterocycles. The van der Waals surface area contributed by atoms with Crippen molar-refractivity contribution in [2.75, 3.05) is 26.8 Å². The number of aromatic nitrogens is 1. The maximum absolute atomic E-state index is 12.8. The number of ether oxygens (including phenoxy) is 1. The number of methoxy groups -OCH3 is 1. The summed E-state index contributed by atoms with van der Waals surface area (Å²) in [5.74, 6) is 0.466. The molecule has 0 saturated carbocycles. The van der Waals surface area contributed by atoms with Crippen molar-refractivity contribution in [3.05, 3.63) is 35.0 Å². The van der Waals surface area contributed by atoms with Gasteiger partial charge in [0.1, 0.15) is 5.69 Å². The number of carbonyl (C=O) groups is 1. The lowest BCUT2D eigenvalue weighted by atomic mass is 10.1. The Kier molecular flexibility index (Phi) is 5.24. The van der Waals surface area contributed by atoms with Crippen LogP contribution in [0, 0.1) is 19.8 Å². The Morgan fingerprint density at radius 2 is 2.00 bits per heavy atom. The minimum absolute atomic E-state index is 0.0407. The highest BCUT2D eigenvalue weighted by molar-refractivity contribution is 5.99. The monoisotopic (exact) mass is 302 g/mol. The van der Waals surface area contributed by atoms with Crippen LogP contribution < -0.4 is 0 Å².